The van der Waals surface area contributed by atoms with Crippen LogP contribution in [0.1, 0.15) is 29.5 Å². The van der Waals surface area contributed by atoms with Crippen molar-refractivity contribution in [2.45, 2.75) is 24.5 Å². The summed E-state index contributed by atoms with van der Waals surface area (Å²) in [5.41, 5.74) is 7.53. The summed E-state index contributed by atoms with van der Waals surface area (Å²) in [6, 6.07) is 17.6. The van der Waals surface area contributed by atoms with Crippen LogP contribution in [0.5, 0.6) is 0 Å². The highest BCUT2D eigenvalue weighted by molar-refractivity contribution is 6.30. The third kappa shape index (κ3) is 3.15. The molecule has 134 valence electrons. The summed E-state index contributed by atoms with van der Waals surface area (Å²) in [7, 11) is 0. The summed E-state index contributed by atoms with van der Waals surface area (Å²) in [6.07, 6.45) is -0.442. The molecule has 2 aliphatic rings. The minimum absolute atomic E-state index is 0.170. The van der Waals surface area contributed by atoms with Gasteiger partial charge in [-0.05, 0) is 41.5 Å². The summed E-state index contributed by atoms with van der Waals surface area (Å²) in [5, 5.41) is 0.614. The molecule has 1 aliphatic heterocycles. The lowest BCUT2D eigenvalue weighted by Crippen LogP contribution is -2.35. The standard InChI is InChI=1S/C20H19ClN2O3/c21-14-8-4-7-13(9-14)18(23-11-17(19(22)24)26-20(23)25)16-10-15(16)12-5-2-1-3-6-12/h1-9,15-18H,10-11H2,(H2,22,24)/t15-,16+,17?,18+/m0/s1. The molecule has 1 saturated carbocycles. The van der Waals surface area contributed by atoms with Crippen molar-refractivity contribution in [2.75, 3.05) is 6.54 Å². The van der Waals surface area contributed by atoms with E-state index in [4.69, 9.17) is 22.1 Å². The van der Waals surface area contributed by atoms with E-state index in [2.05, 4.69) is 12.1 Å². The van der Waals surface area contributed by atoms with Gasteiger partial charge in [0.25, 0.3) is 5.91 Å². The van der Waals surface area contributed by atoms with E-state index in [-0.39, 0.29) is 18.5 Å². The van der Waals surface area contributed by atoms with Gasteiger partial charge in [-0.15, -0.1) is 0 Å². The van der Waals surface area contributed by atoms with Gasteiger partial charge in [0, 0.05) is 5.02 Å². The molecule has 1 heterocycles. The predicted octanol–water partition coefficient (Wildman–Crippen LogP) is 3.49. The monoisotopic (exact) mass is 370 g/mol. The second-order valence-electron chi connectivity index (χ2n) is 6.84. The molecule has 2 aromatic carbocycles. The third-order valence-corrected chi connectivity index (χ3v) is 5.39. The number of nitrogens with two attached hydrogens (primary N) is 1. The number of hydrogen-bond acceptors (Lipinski definition) is 3. The molecule has 6 heteroatoms. The fraction of sp³-hybridized carbons (Fsp3) is 0.300. The van der Waals surface area contributed by atoms with Gasteiger partial charge < -0.3 is 10.5 Å². The van der Waals surface area contributed by atoms with Crippen molar-refractivity contribution in [1.29, 1.82) is 0 Å². The van der Waals surface area contributed by atoms with E-state index in [0.29, 0.717) is 10.9 Å². The van der Waals surface area contributed by atoms with Gasteiger partial charge in [-0.2, -0.15) is 0 Å². The van der Waals surface area contributed by atoms with E-state index in [9.17, 15) is 9.59 Å². The van der Waals surface area contributed by atoms with E-state index in [1.807, 2.05) is 36.4 Å². The molecule has 2 aromatic rings. The smallest absolute Gasteiger partial charge is 0.411 e. The van der Waals surface area contributed by atoms with Crippen LogP contribution >= 0.6 is 11.6 Å². The van der Waals surface area contributed by atoms with Crippen molar-refractivity contribution in [3.8, 4) is 0 Å². The maximum atomic E-state index is 12.4. The molecule has 5 nitrogen and oxygen atoms in total. The number of benzene rings is 2. The van der Waals surface area contributed by atoms with Crippen LogP contribution in [0, 0.1) is 5.92 Å². The Morgan fingerprint density at radius 1 is 1.19 bits per heavy atom. The zero-order valence-electron chi connectivity index (χ0n) is 14.0. The molecule has 0 bridgehead atoms. The van der Waals surface area contributed by atoms with E-state index in [1.165, 1.54) is 5.56 Å². The Labute approximate surface area is 156 Å². The highest BCUT2D eigenvalue weighted by Gasteiger charge is 2.51. The predicted molar refractivity (Wildman–Crippen MR) is 97.7 cm³/mol. The number of amides is 2. The maximum absolute atomic E-state index is 12.4. The number of rotatable bonds is 5. The molecule has 2 N–H and O–H groups in total. The van der Waals surface area contributed by atoms with E-state index >= 15 is 0 Å². The van der Waals surface area contributed by atoms with Crippen molar-refractivity contribution < 1.29 is 14.3 Å². The SMILES string of the molecule is NC(=O)C1CN([C@H](c2cccc(Cl)c2)[C@@H]2C[C@H]2c2ccccc2)C(=O)O1. The number of cyclic esters (lactones) is 1. The van der Waals surface area contributed by atoms with E-state index < -0.39 is 18.1 Å². The van der Waals surface area contributed by atoms with Crippen LogP contribution in [0.25, 0.3) is 0 Å². The summed E-state index contributed by atoms with van der Waals surface area (Å²) >= 11 is 6.18. The Bertz CT molecular complexity index is 842. The van der Waals surface area contributed by atoms with Crippen molar-refractivity contribution >= 4 is 23.6 Å². The molecular formula is C20H19ClN2O3. The molecule has 4 atom stereocenters. The minimum Gasteiger partial charge on any atom is -0.434 e. The fourth-order valence-corrected chi connectivity index (χ4v) is 4.05. The topological polar surface area (TPSA) is 72.6 Å². The van der Waals surface area contributed by atoms with Gasteiger partial charge in [0.05, 0.1) is 12.6 Å². The largest absolute Gasteiger partial charge is 0.434 e. The Kier molecular flexibility index (Phi) is 4.32. The zero-order valence-corrected chi connectivity index (χ0v) is 14.8. The van der Waals surface area contributed by atoms with Gasteiger partial charge >= 0.3 is 6.09 Å². The molecule has 0 aromatic heterocycles. The first-order valence-corrected chi connectivity index (χ1v) is 8.99. The Morgan fingerprint density at radius 2 is 1.96 bits per heavy atom. The number of ether oxygens (including phenoxy) is 1. The van der Waals surface area contributed by atoms with Gasteiger partial charge in [-0.25, -0.2) is 4.79 Å². The number of nitrogens with zero attached hydrogens (tertiary/aromatic N) is 1. The molecule has 0 radical (unpaired) electrons. The van der Waals surface area contributed by atoms with Gasteiger partial charge in [-0.1, -0.05) is 54.1 Å². The Morgan fingerprint density at radius 3 is 2.62 bits per heavy atom. The molecular weight excluding hydrogens is 352 g/mol. The molecule has 0 spiro atoms. The molecule has 1 saturated heterocycles. The van der Waals surface area contributed by atoms with Gasteiger partial charge in [0.1, 0.15) is 0 Å². The first-order valence-electron chi connectivity index (χ1n) is 8.61. The number of halogens is 1. The van der Waals surface area contributed by atoms with Crippen LogP contribution in [-0.4, -0.2) is 29.5 Å². The average molecular weight is 371 g/mol. The van der Waals surface area contributed by atoms with E-state index in [1.54, 1.807) is 11.0 Å². The third-order valence-electron chi connectivity index (χ3n) is 5.16. The Balaban J connectivity index is 1.65. The lowest BCUT2D eigenvalue weighted by atomic mass is 9.97. The number of hydrogen-bond donors (Lipinski definition) is 1. The maximum Gasteiger partial charge on any atom is 0.411 e. The molecule has 2 amide bonds. The average Bonchev–Trinajstić information content (AvgIpc) is 3.32. The zero-order chi connectivity index (χ0) is 18.3. The minimum atomic E-state index is -0.905. The van der Waals surface area contributed by atoms with E-state index in [0.717, 1.165) is 12.0 Å². The number of carbonyl (C=O) groups is 2. The summed E-state index contributed by atoms with van der Waals surface area (Å²) < 4.78 is 5.17. The summed E-state index contributed by atoms with van der Waals surface area (Å²) in [5.74, 6) is -0.0169. The molecule has 1 aliphatic carbocycles. The van der Waals surface area contributed by atoms with Crippen LogP contribution in [-0.2, 0) is 9.53 Å². The normalized spacial score (nSPS) is 25.7. The Hall–Kier alpha value is -2.53. The fourth-order valence-electron chi connectivity index (χ4n) is 3.85. The highest BCUT2D eigenvalue weighted by Crippen LogP contribution is 2.56. The van der Waals surface area contributed by atoms with Gasteiger partial charge in [-0.3, -0.25) is 9.69 Å². The van der Waals surface area contributed by atoms with Crippen LogP contribution in [0.3, 0.4) is 0 Å². The highest BCUT2D eigenvalue weighted by atomic mass is 35.5. The number of carbonyl (C=O) groups excluding carboxylic acids is 2. The first kappa shape index (κ1) is 16.9. The molecule has 26 heavy (non-hydrogen) atoms. The quantitative estimate of drug-likeness (QED) is 0.875. The van der Waals surface area contributed by atoms with Gasteiger partial charge in [0.2, 0.25) is 0 Å². The molecule has 1 unspecified atom stereocenters. The molecule has 2 fully saturated rings. The second-order valence-corrected chi connectivity index (χ2v) is 7.28. The lowest BCUT2D eigenvalue weighted by molar-refractivity contribution is -0.124. The lowest BCUT2D eigenvalue weighted by Gasteiger charge is -2.27. The van der Waals surface area contributed by atoms with Crippen molar-refractivity contribution in [3.05, 3.63) is 70.7 Å². The number of primary amides is 1. The van der Waals surface area contributed by atoms with Crippen molar-refractivity contribution in [2.24, 2.45) is 11.7 Å². The summed E-state index contributed by atoms with van der Waals surface area (Å²) in [4.78, 5) is 25.5. The first-order chi connectivity index (χ1) is 12.5. The van der Waals surface area contributed by atoms with Crippen LogP contribution in [0.2, 0.25) is 5.02 Å². The summed E-state index contributed by atoms with van der Waals surface area (Å²) in [6.45, 7) is 0.170. The van der Waals surface area contributed by atoms with Gasteiger partial charge in [0.15, 0.2) is 6.10 Å². The second kappa shape index (κ2) is 6.65. The van der Waals surface area contributed by atoms with Crippen LogP contribution in [0.4, 0.5) is 4.79 Å². The van der Waals surface area contributed by atoms with Crippen molar-refractivity contribution in [1.82, 2.24) is 4.90 Å². The van der Waals surface area contributed by atoms with Crippen LogP contribution < -0.4 is 5.73 Å². The molecule has 4 rings (SSSR count). The van der Waals surface area contributed by atoms with Crippen LogP contribution in [0.15, 0.2) is 54.6 Å². The van der Waals surface area contributed by atoms with Crippen molar-refractivity contribution in [3.63, 3.8) is 0 Å².